The van der Waals surface area contributed by atoms with E-state index in [4.69, 9.17) is 0 Å². The smallest absolute Gasteiger partial charge is 0.225 e. The normalized spacial score (nSPS) is 17.7. The molecule has 1 N–H and O–H groups in total. The summed E-state index contributed by atoms with van der Waals surface area (Å²) in [6, 6.07) is 5.58. The van der Waals surface area contributed by atoms with Crippen molar-refractivity contribution < 1.29 is 5.11 Å². The first-order chi connectivity index (χ1) is 10.3. The highest BCUT2D eigenvalue weighted by Crippen LogP contribution is 2.15. The number of aliphatic hydroxyl groups is 1. The molecule has 1 unspecified atom stereocenters. The fourth-order valence-corrected chi connectivity index (χ4v) is 2.51. The van der Waals surface area contributed by atoms with Crippen molar-refractivity contribution in [2.45, 2.75) is 6.10 Å². The van der Waals surface area contributed by atoms with Crippen LogP contribution in [0.1, 0.15) is 11.7 Å². The largest absolute Gasteiger partial charge is 0.387 e. The Morgan fingerprint density at radius 2 is 1.81 bits per heavy atom. The zero-order valence-electron chi connectivity index (χ0n) is 11.8. The summed E-state index contributed by atoms with van der Waals surface area (Å²) in [5.74, 6) is 0.782. The van der Waals surface area contributed by atoms with E-state index < -0.39 is 6.10 Å². The number of β-amino-alcohol motifs (C(OH)–C–C–N with tert-alkyl or cyclic N) is 1. The van der Waals surface area contributed by atoms with Crippen LogP contribution in [0.25, 0.3) is 0 Å². The molecule has 0 bridgehead atoms. The fourth-order valence-electron chi connectivity index (χ4n) is 2.51. The number of anilines is 1. The number of piperazine rings is 1. The van der Waals surface area contributed by atoms with Gasteiger partial charge >= 0.3 is 0 Å². The lowest BCUT2D eigenvalue weighted by Gasteiger charge is -2.35. The molecule has 1 fully saturated rings. The molecule has 1 saturated heterocycles. The third-order valence-corrected chi connectivity index (χ3v) is 3.71. The van der Waals surface area contributed by atoms with Crippen molar-refractivity contribution >= 4 is 5.95 Å². The first-order valence-corrected chi connectivity index (χ1v) is 7.15. The number of aliphatic hydroxyl groups excluding tert-OH is 1. The second-order valence-electron chi connectivity index (χ2n) is 5.14. The Kier molecular flexibility index (Phi) is 4.37. The van der Waals surface area contributed by atoms with E-state index in [1.54, 1.807) is 24.8 Å². The lowest BCUT2D eigenvalue weighted by Crippen LogP contribution is -2.48. The van der Waals surface area contributed by atoms with Crippen LogP contribution in [0.15, 0.2) is 43.0 Å². The molecule has 0 saturated carbocycles. The van der Waals surface area contributed by atoms with Gasteiger partial charge in [0.25, 0.3) is 0 Å². The maximum atomic E-state index is 10.2. The Balaban J connectivity index is 1.52. The molecule has 0 radical (unpaired) electrons. The summed E-state index contributed by atoms with van der Waals surface area (Å²) in [4.78, 5) is 17.0. The third-order valence-electron chi connectivity index (χ3n) is 3.71. The van der Waals surface area contributed by atoms with Crippen LogP contribution in [0.5, 0.6) is 0 Å². The second-order valence-corrected chi connectivity index (χ2v) is 5.14. The number of hydrogen-bond donors (Lipinski definition) is 1. The van der Waals surface area contributed by atoms with Crippen LogP contribution in [0.3, 0.4) is 0 Å². The first kappa shape index (κ1) is 13.9. The van der Waals surface area contributed by atoms with Gasteiger partial charge in [0.2, 0.25) is 5.95 Å². The molecule has 1 aliphatic heterocycles. The Labute approximate surface area is 124 Å². The van der Waals surface area contributed by atoms with Gasteiger partial charge in [0.05, 0.1) is 6.10 Å². The molecule has 1 atom stereocenters. The van der Waals surface area contributed by atoms with Crippen molar-refractivity contribution in [3.8, 4) is 0 Å². The summed E-state index contributed by atoms with van der Waals surface area (Å²) in [5.41, 5.74) is 0.867. The molecule has 110 valence electrons. The summed E-state index contributed by atoms with van der Waals surface area (Å²) in [7, 11) is 0. The fraction of sp³-hybridized carbons (Fsp3) is 0.400. The van der Waals surface area contributed by atoms with Crippen LogP contribution >= 0.6 is 0 Å². The summed E-state index contributed by atoms with van der Waals surface area (Å²) in [5, 5.41) is 10.2. The lowest BCUT2D eigenvalue weighted by molar-refractivity contribution is 0.109. The van der Waals surface area contributed by atoms with Crippen LogP contribution in [-0.2, 0) is 0 Å². The quantitative estimate of drug-likeness (QED) is 0.893. The van der Waals surface area contributed by atoms with Crippen molar-refractivity contribution in [2.75, 3.05) is 37.6 Å². The third kappa shape index (κ3) is 3.53. The van der Waals surface area contributed by atoms with E-state index in [1.165, 1.54) is 0 Å². The average Bonchev–Trinajstić information content (AvgIpc) is 2.57. The highest BCUT2D eigenvalue weighted by atomic mass is 16.3. The van der Waals surface area contributed by atoms with Crippen molar-refractivity contribution in [3.05, 3.63) is 48.5 Å². The van der Waals surface area contributed by atoms with Gasteiger partial charge < -0.3 is 10.0 Å². The molecule has 0 amide bonds. The highest BCUT2D eigenvalue weighted by molar-refractivity contribution is 5.29. The minimum atomic E-state index is -0.488. The predicted octanol–water partition coefficient (Wildman–Crippen LogP) is 0.727. The van der Waals surface area contributed by atoms with E-state index in [-0.39, 0.29) is 0 Å². The number of rotatable bonds is 4. The van der Waals surface area contributed by atoms with Crippen LogP contribution in [0.4, 0.5) is 5.95 Å². The zero-order chi connectivity index (χ0) is 14.5. The van der Waals surface area contributed by atoms with Crippen LogP contribution in [0.2, 0.25) is 0 Å². The summed E-state index contributed by atoms with van der Waals surface area (Å²) in [6.07, 6.45) is 6.48. The zero-order valence-corrected chi connectivity index (χ0v) is 11.8. The summed E-state index contributed by atoms with van der Waals surface area (Å²) < 4.78 is 0. The van der Waals surface area contributed by atoms with Crippen molar-refractivity contribution in [2.24, 2.45) is 0 Å². The van der Waals surface area contributed by atoms with Gasteiger partial charge in [-0.3, -0.25) is 9.88 Å². The number of aromatic nitrogens is 3. The van der Waals surface area contributed by atoms with Gasteiger partial charge in [0.1, 0.15) is 0 Å². The van der Waals surface area contributed by atoms with Gasteiger partial charge in [-0.1, -0.05) is 6.07 Å². The van der Waals surface area contributed by atoms with E-state index in [0.29, 0.717) is 6.54 Å². The molecule has 21 heavy (non-hydrogen) atoms. The first-order valence-electron chi connectivity index (χ1n) is 7.15. The van der Waals surface area contributed by atoms with Gasteiger partial charge in [-0.2, -0.15) is 0 Å². The Morgan fingerprint density at radius 1 is 1.05 bits per heavy atom. The monoisotopic (exact) mass is 285 g/mol. The molecule has 0 aromatic carbocycles. The summed E-state index contributed by atoms with van der Waals surface area (Å²) >= 11 is 0. The van der Waals surface area contributed by atoms with Crippen LogP contribution in [0, 0.1) is 0 Å². The molecule has 3 rings (SSSR count). The van der Waals surface area contributed by atoms with Gasteiger partial charge in [-0.05, 0) is 12.1 Å². The second kappa shape index (κ2) is 6.60. The van der Waals surface area contributed by atoms with Gasteiger partial charge in [-0.25, -0.2) is 9.97 Å². The molecule has 1 aliphatic rings. The molecule has 6 heteroatoms. The Bertz CT molecular complexity index is 543. The lowest BCUT2D eigenvalue weighted by atomic mass is 10.1. The highest BCUT2D eigenvalue weighted by Gasteiger charge is 2.21. The minimum Gasteiger partial charge on any atom is -0.387 e. The molecule has 2 aromatic heterocycles. The molecular weight excluding hydrogens is 266 g/mol. The maximum Gasteiger partial charge on any atom is 0.225 e. The average molecular weight is 285 g/mol. The molecule has 6 nitrogen and oxygen atoms in total. The minimum absolute atomic E-state index is 0.488. The van der Waals surface area contributed by atoms with E-state index in [0.717, 1.165) is 37.7 Å². The SMILES string of the molecule is OC(CN1CCN(c2ncccn2)CC1)c1cccnc1. The maximum absolute atomic E-state index is 10.2. The van der Waals surface area contributed by atoms with Crippen LogP contribution in [-0.4, -0.2) is 57.7 Å². The van der Waals surface area contributed by atoms with Gasteiger partial charge in [0, 0.05) is 63.1 Å². The predicted molar refractivity (Wildman–Crippen MR) is 79.9 cm³/mol. The standard InChI is InChI=1S/C15H19N5O/c21-14(13-3-1-4-16-11-13)12-19-7-9-20(10-8-19)15-17-5-2-6-18-15/h1-6,11,14,21H,7-10,12H2. The van der Waals surface area contributed by atoms with Crippen molar-refractivity contribution in [1.82, 2.24) is 19.9 Å². The van der Waals surface area contributed by atoms with Crippen LogP contribution < -0.4 is 4.90 Å². The number of pyridine rings is 1. The van der Waals surface area contributed by atoms with Gasteiger partial charge in [0.15, 0.2) is 0 Å². The molecule has 2 aromatic rings. The van der Waals surface area contributed by atoms with Crippen molar-refractivity contribution in [1.29, 1.82) is 0 Å². The van der Waals surface area contributed by atoms with Crippen molar-refractivity contribution in [3.63, 3.8) is 0 Å². The van der Waals surface area contributed by atoms with Gasteiger partial charge in [-0.15, -0.1) is 0 Å². The number of hydrogen-bond acceptors (Lipinski definition) is 6. The van der Waals surface area contributed by atoms with E-state index in [9.17, 15) is 5.11 Å². The topological polar surface area (TPSA) is 65.4 Å². The molecule has 0 spiro atoms. The summed E-state index contributed by atoms with van der Waals surface area (Å²) in [6.45, 7) is 4.19. The Hall–Kier alpha value is -2.05. The van der Waals surface area contributed by atoms with E-state index in [1.807, 2.05) is 18.2 Å². The van der Waals surface area contributed by atoms with E-state index >= 15 is 0 Å². The molecular formula is C15H19N5O. The molecule has 3 heterocycles. The van der Waals surface area contributed by atoms with E-state index in [2.05, 4.69) is 24.8 Å². The Morgan fingerprint density at radius 3 is 2.48 bits per heavy atom. The molecule has 0 aliphatic carbocycles. The number of nitrogens with zero attached hydrogens (tertiary/aromatic N) is 5.